The van der Waals surface area contributed by atoms with Crippen molar-refractivity contribution in [1.82, 2.24) is 0 Å². The van der Waals surface area contributed by atoms with Crippen LogP contribution in [0, 0.1) is 0 Å². The van der Waals surface area contributed by atoms with Crippen LogP contribution in [0.1, 0.15) is 0 Å². The highest BCUT2D eigenvalue weighted by Gasteiger charge is 2.54. The van der Waals surface area contributed by atoms with E-state index >= 15 is 0 Å². The summed E-state index contributed by atoms with van der Waals surface area (Å²) in [6.45, 7) is 0. The van der Waals surface area contributed by atoms with Gasteiger partial charge in [0.1, 0.15) is 0 Å². The molecular formula is C6H4BrF3NO2S+. The van der Waals surface area contributed by atoms with E-state index < -0.39 is 15.5 Å². The van der Waals surface area contributed by atoms with Crippen LogP contribution in [0.5, 0.6) is 0 Å². The van der Waals surface area contributed by atoms with Gasteiger partial charge in [0.05, 0.1) is 4.47 Å². The maximum atomic E-state index is 12.0. The summed E-state index contributed by atoms with van der Waals surface area (Å²) >= 11 is 2.87. The highest BCUT2D eigenvalue weighted by molar-refractivity contribution is 9.10. The van der Waals surface area contributed by atoms with Crippen LogP contribution < -0.4 is 3.97 Å². The van der Waals surface area contributed by atoms with Crippen molar-refractivity contribution in [3.63, 3.8) is 0 Å². The average Bonchev–Trinajstić information content (AvgIpc) is 2.02. The molecule has 3 nitrogen and oxygen atoms in total. The molecule has 78 valence electrons. The van der Waals surface area contributed by atoms with Crippen LogP contribution in [0.4, 0.5) is 13.2 Å². The number of pyridine rings is 1. The smallest absolute Gasteiger partial charge is 0.153 e. The first-order chi connectivity index (χ1) is 6.25. The van der Waals surface area contributed by atoms with Crippen molar-refractivity contribution in [1.29, 1.82) is 0 Å². The third-order valence-corrected chi connectivity index (χ3v) is 3.15. The van der Waals surface area contributed by atoms with Crippen LogP contribution in [0.15, 0.2) is 29.0 Å². The lowest BCUT2D eigenvalue weighted by molar-refractivity contribution is -0.519. The zero-order valence-corrected chi connectivity index (χ0v) is 8.90. The molecule has 0 fully saturated rings. The predicted octanol–water partition coefficient (Wildman–Crippen LogP) is 1.43. The lowest BCUT2D eigenvalue weighted by Gasteiger charge is -2.01. The maximum Gasteiger partial charge on any atom is 0.560 e. The van der Waals surface area contributed by atoms with Crippen molar-refractivity contribution in [3.05, 3.63) is 29.0 Å². The Labute approximate surface area is 86.4 Å². The molecule has 1 rings (SSSR count). The normalized spacial score (nSPS) is 12.9. The molecule has 0 radical (unpaired) electrons. The number of nitrogens with zero attached hydrogens (tertiary/aromatic N) is 1. The molecule has 14 heavy (non-hydrogen) atoms. The summed E-state index contributed by atoms with van der Waals surface area (Å²) in [5, 5.41) is 0. The van der Waals surface area contributed by atoms with E-state index in [0.717, 1.165) is 12.4 Å². The van der Waals surface area contributed by atoms with Gasteiger partial charge in [0.15, 0.2) is 6.20 Å². The Bertz CT molecular complexity index is 443. The quantitative estimate of drug-likeness (QED) is 0.734. The van der Waals surface area contributed by atoms with Crippen molar-refractivity contribution in [2.45, 2.75) is 5.51 Å². The topological polar surface area (TPSA) is 38.0 Å². The molecular weight excluding hydrogens is 287 g/mol. The molecule has 0 aromatic carbocycles. The third kappa shape index (κ3) is 2.06. The molecule has 1 aromatic rings. The Morgan fingerprint density at radius 2 is 1.93 bits per heavy atom. The Morgan fingerprint density at radius 1 is 1.36 bits per heavy atom. The zero-order chi connectivity index (χ0) is 11.0. The van der Waals surface area contributed by atoms with E-state index in [0.29, 0.717) is 0 Å². The Kier molecular flexibility index (Phi) is 2.86. The molecule has 1 heterocycles. The molecule has 0 unspecified atom stereocenters. The lowest BCUT2D eigenvalue weighted by atomic mass is 10.5. The van der Waals surface area contributed by atoms with Gasteiger partial charge in [-0.3, -0.25) is 0 Å². The van der Waals surface area contributed by atoms with Crippen molar-refractivity contribution in [2.24, 2.45) is 0 Å². The van der Waals surface area contributed by atoms with E-state index in [2.05, 4.69) is 15.9 Å². The van der Waals surface area contributed by atoms with Crippen LogP contribution in [0.2, 0.25) is 0 Å². The van der Waals surface area contributed by atoms with Crippen molar-refractivity contribution in [2.75, 3.05) is 0 Å². The predicted molar refractivity (Wildman–Crippen MR) is 44.7 cm³/mol. The molecule has 0 atom stereocenters. The van der Waals surface area contributed by atoms with Gasteiger partial charge in [-0.25, -0.2) is 0 Å². The first-order valence-corrected chi connectivity index (χ1v) is 5.47. The molecule has 0 spiro atoms. The average molecular weight is 291 g/mol. The molecule has 0 bridgehead atoms. The van der Waals surface area contributed by atoms with Gasteiger partial charge in [-0.15, -0.1) is 0 Å². The van der Waals surface area contributed by atoms with E-state index in [1.807, 2.05) is 0 Å². The highest BCUT2D eigenvalue weighted by atomic mass is 79.9. The van der Waals surface area contributed by atoms with Gasteiger partial charge in [-0.1, -0.05) is 3.97 Å². The monoisotopic (exact) mass is 290 g/mol. The van der Waals surface area contributed by atoms with Gasteiger partial charge in [0.2, 0.25) is 6.20 Å². The van der Waals surface area contributed by atoms with E-state index in [9.17, 15) is 21.6 Å². The Hall–Kier alpha value is -0.630. The molecule has 0 aliphatic rings. The second-order valence-electron chi connectivity index (χ2n) is 2.30. The van der Waals surface area contributed by atoms with Gasteiger partial charge in [0.25, 0.3) is 0 Å². The maximum absolute atomic E-state index is 12.0. The summed E-state index contributed by atoms with van der Waals surface area (Å²) in [6.07, 6.45) is 1.64. The van der Waals surface area contributed by atoms with E-state index in [1.54, 1.807) is 0 Å². The molecule has 1 aromatic heterocycles. The third-order valence-electron chi connectivity index (χ3n) is 1.31. The fourth-order valence-corrected chi connectivity index (χ4v) is 1.93. The molecule has 0 saturated carbocycles. The first kappa shape index (κ1) is 11.4. The number of rotatable bonds is 1. The Morgan fingerprint density at radius 3 is 2.36 bits per heavy atom. The fourth-order valence-electron chi connectivity index (χ4n) is 0.696. The highest BCUT2D eigenvalue weighted by Crippen LogP contribution is 2.21. The van der Waals surface area contributed by atoms with E-state index in [4.69, 9.17) is 0 Å². The summed E-state index contributed by atoms with van der Waals surface area (Å²) in [4.78, 5) is 0. The summed E-state index contributed by atoms with van der Waals surface area (Å²) in [6, 6.07) is 2.61. The number of hydrogen-bond donors (Lipinski definition) is 0. The molecule has 0 aliphatic heterocycles. The zero-order valence-electron chi connectivity index (χ0n) is 6.49. The summed E-state index contributed by atoms with van der Waals surface area (Å²) in [5.41, 5.74) is -5.29. The largest absolute Gasteiger partial charge is 0.560 e. The second-order valence-corrected chi connectivity index (χ2v) is 5.05. The van der Waals surface area contributed by atoms with E-state index in [1.165, 1.54) is 12.1 Å². The minimum Gasteiger partial charge on any atom is -0.153 e. The lowest BCUT2D eigenvalue weighted by Crippen LogP contribution is -2.50. The minimum atomic E-state index is -5.31. The fraction of sp³-hybridized carbons (Fsp3) is 0.167. The van der Waals surface area contributed by atoms with Crippen LogP contribution >= 0.6 is 15.9 Å². The van der Waals surface area contributed by atoms with Gasteiger partial charge in [0, 0.05) is 6.07 Å². The Balaban J connectivity index is 3.32. The second kappa shape index (κ2) is 3.50. The van der Waals surface area contributed by atoms with Crippen LogP contribution in [-0.4, -0.2) is 13.9 Å². The molecule has 0 saturated heterocycles. The molecule has 8 heteroatoms. The number of alkyl halides is 3. The van der Waals surface area contributed by atoms with Crippen LogP contribution in [0.3, 0.4) is 0 Å². The molecule has 0 aliphatic carbocycles. The van der Waals surface area contributed by atoms with Crippen molar-refractivity contribution in [3.8, 4) is 0 Å². The van der Waals surface area contributed by atoms with Gasteiger partial charge in [-0.2, -0.15) is 21.6 Å². The number of hydrogen-bond acceptors (Lipinski definition) is 2. The SMILES string of the molecule is O=S(=O)([n+]1cccc(Br)c1)C(F)(F)F. The number of halogens is 4. The van der Waals surface area contributed by atoms with Crippen molar-refractivity contribution >= 4 is 26.0 Å². The van der Waals surface area contributed by atoms with Gasteiger partial charge < -0.3 is 0 Å². The van der Waals surface area contributed by atoms with Gasteiger partial charge >= 0.3 is 15.5 Å². The minimum absolute atomic E-state index is 0.108. The summed E-state index contributed by atoms with van der Waals surface area (Å²) < 4.78 is 58.1. The van der Waals surface area contributed by atoms with Gasteiger partial charge in [-0.05, 0) is 22.0 Å². The first-order valence-electron chi connectivity index (χ1n) is 3.24. The van der Waals surface area contributed by atoms with Crippen molar-refractivity contribution < 1.29 is 25.6 Å². The summed E-state index contributed by atoms with van der Waals surface area (Å²) in [7, 11) is -5.31. The van der Waals surface area contributed by atoms with E-state index in [-0.39, 0.29) is 8.45 Å². The summed E-state index contributed by atoms with van der Waals surface area (Å²) in [5.74, 6) is 0. The van der Waals surface area contributed by atoms with Crippen LogP contribution in [0.25, 0.3) is 0 Å². The van der Waals surface area contributed by atoms with Crippen LogP contribution in [-0.2, 0) is 10.0 Å². The standard InChI is InChI=1S/C6H4BrF3NO2S/c7-5-2-1-3-11(4-5)14(12,13)6(8,9)10/h1-4H/q+1. The molecule has 0 N–H and O–H groups in total. The molecule has 0 amide bonds. The number of aromatic nitrogens is 1.